The molecule has 3 rings (SSSR count). The number of hydrogen-bond acceptors (Lipinski definition) is 3. The summed E-state index contributed by atoms with van der Waals surface area (Å²) in [6.07, 6.45) is 5.61. The number of hydrogen-bond donors (Lipinski definition) is 1. The van der Waals surface area contributed by atoms with Crippen molar-refractivity contribution < 1.29 is 0 Å². The normalized spacial score (nSPS) is 11.1. The van der Waals surface area contributed by atoms with Crippen molar-refractivity contribution in [2.45, 2.75) is 6.54 Å². The standard InChI is InChI=1S/C11H10ClN5/c12-9-7-17(15-11(9)13)6-8-5-16-4-2-1-3-10(16)14-8/h1-5,7H,6H2,(H2,13,15). The van der Waals surface area contributed by atoms with Gasteiger partial charge in [-0.05, 0) is 12.1 Å². The lowest BCUT2D eigenvalue weighted by Gasteiger charge is -1.95. The topological polar surface area (TPSA) is 61.1 Å². The van der Waals surface area contributed by atoms with Gasteiger partial charge in [0.2, 0.25) is 0 Å². The first-order valence-corrected chi connectivity index (χ1v) is 5.51. The van der Waals surface area contributed by atoms with Gasteiger partial charge in [0, 0.05) is 18.6 Å². The summed E-state index contributed by atoms with van der Waals surface area (Å²) in [7, 11) is 0. The number of anilines is 1. The molecule has 0 aromatic carbocycles. The molecule has 0 aliphatic carbocycles. The number of aromatic nitrogens is 4. The highest BCUT2D eigenvalue weighted by Gasteiger charge is 2.05. The SMILES string of the molecule is Nc1nn(Cc2cn3ccccc3n2)cc1Cl. The molecule has 3 heterocycles. The minimum absolute atomic E-state index is 0.343. The second-order valence-electron chi connectivity index (χ2n) is 3.76. The van der Waals surface area contributed by atoms with E-state index in [1.54, 1.807) is 10.9 Å². The van der Waals surface area contributed by atoms with Crippen LogP contribution in [0.5, 0.6) is 0 Å². The third kappa shape index (κ3) is 1.85. The molecule has 0 unspecified atom stereocenters. The Balaban J connectivity index is 1.94. The Morgan fingerprint density at radius 2 is 2.18 bits per heavy atom. The largest absolute Gasteiger partial charge is 0.381 e. The van der Waals surface area contributed by atoms with Crippen LogP contribution in [0.2, 0.25) is 5.02 Å². The Labute approximate surface area is 102 Å². The number of pyridine rings is 1. The summed E-state index contributed by atoms with van der Waals surface area (Å²) in [5.41, 5.74) is 7.40. The van der Waals surface area contributed by atoms with Crippen LogP contribution in [0, 0.1) is 0 Å². The third-order valence-corrected chi connectivity index (χ3v) is 2.77. The molecule has 17 heavy (non-hydrogen) atoms. The quantitative estimate of drug-likeness (QED) is 0.751. The summed E-state index contributed by atoms with van der Waals surface area (Å²) in [5, 5.41) is 4.56. The molecular formula is C11H10ClN5. The van der Waals surface area contributed by atoms with Crippen LogP contribution in [0.3, 0.4) is 0 Å². The maximum Gasteiger partial charge on any atom is 0.164 e. The summed E-state index contributed by atoms with van der Waals surface area (Å²) < 4.78 is 3.64. The molecule has 0 fully saturated rings. The van der Waals surface area contributed by atoms with E-state index in [2.05, 4.69) is 10.1 Å². The van der Waals surface area contributed by atoms with Gasteiger partial charge < -0.3 is 10.1 Å². The number of nitrogens with two attached hydrogens (primary N) is 1. The average molecular weight is 248 g/mol. The summed E-state index contributed by atoms with van der Waals surface area (Å²) in [5.74, 6) is 0.343. The Kier molecular flexibility index (Phi) is 2.26. The van der Waals surface area contributed by atoms with Gasteiger partial charge in [0.05, 0.1) is 12.2 Å². The van der Waals surface area contributed by atoms with E-state index in [1.807, 2.05) is 35.0 Å². The van der Waals surface area contributed by atoms with E-state index in [0.29, 0.717) is 17.4 Å². The van der Waals surface area contributed by atoms with E-state index in [4.69, 9.17) is 17.3 Å². The molecule has 0 saturated carbocycles. The van der Waals surface area contributed by atoms with Crippen LogP contribution in [0.1, 0.15) is 5.69 Å². The van der Waals surface area contributed by atoms with Gasteiger partial charge in [-0.25, -0.2) is 4.98 Å². The Morgan fingerprint density at radius 3 is 2.88 bits per heavy atom. The molecule has 3 aromatic heterocycles. The summed E-state index contributed by atoms with van der Waals surface area (Å²) >= 11 is 5.84. The fraction of sp³-hybridized carbons (Fsp3) is 0.0909. The van der Waals surface area contributed by atoms with Crippen molar-refractivity contribution in [1.82, 2.24) is 19.2 Å². The molecule has 0 aliphatic rings. The Morgan fingerprint density at radius 1 is 1.29 bits per heavy atom. The highest BCUT2D eigenvalue weighted by molar-refractivity contribution is 6.32. The van der Waals surface area contributed by atoms with Crippen LogP contribution in [0.15, 0.2) is 36.8 Å². The molecule has 0 amide bonds. The fourth-order valence-electron chi connectivity index (χ4n) is 1.72. The van der Waals surface area contributed by atoms with Crippen LogP contribution in [0.4, 0.5) is 5.82 Å². The molecule has 0 bridgehead atoms. The first kappa shape index (κ1) is 10.2. The molecule has 0 spiro atoms. The van der Waals surface area contributed by atoms with Crippen LogP contribution in [-0.2, 0) is 6.54 Å². The van der Waals surface area contributed by atoms with Gasteiger partial charge in [-0.15, -0.1) is 0 Å². The van der Waals surface area contributed by atoms with E-state index in [9.17, 15) is 0 Å². The third-order valence-electron chi connectivity index (χ3n) is 2.48. The number of halogens is 1. The average Bonchev–Trinajstić information content (AvgIpc) is 2.83. The maximum absolute atomic E-state index is 5.84. The molecule has 0 saturated heterocycles. The highest BCUT2D eigenvalue weighted by atomic mass is 35.5. The zero-order chi connectivity index (χ0) is 11.8. The number of nitrogens with zero attached hydrogens (tertiary/aromatic N) is 4. The minimum atomic E-state index is 0.343. The number of rotatable bonds is 2. The molecular weight excluding hydrogens is 238 g/mol. The first-order valence-electron chi connectivity index (χ1n) is 5.13. The minimum Gasteiger partial charge on any atom is -0.381 e. The van der Waals surface area contributed by atoms with Gasteiger partial charge in [-0.2, -0.15) is 5.10 Å². The predicted molar refractivity (Wildman–Crippen MR) is 65.9 cm³/mol. The van der Waals surface area contributed by atoms with E-state index in [-0.39, 0.29) is 0 Å². The Hall–Kier alpha value is -2.01. The van der Waals surface area contributed by atoms with Gasteiger partial charge in [0.15, 0.2) is 5.82 Å². The van der Waals surface area contributed by atoms with Crippen LogP contribution < -0.4 is 5.73 Å². The summed E-state index contributed by atoms with van der Waals surface area (Å²) in [6.45, 7) is 0.554. The summed E-state index contributed by atoms with van der Waals surface area (Å²) in [4.78, 5) is 4.47. The first-order chi connectivity index (χ1) is 8.22. The predicted octanol–water partition coefficient (Wildman–Crippen LogP) is 1.81. The van der Waals surface area contributed by atoms with Crippen molar-refractivity contribution in [2.24, 2.45) is 0 Å². The zero-order valence-corrected chi connectivity index (χ0v) is 9.67. The van der Waals surface area contributed by atoms with Crippen molar-refractivity contribution in [1.29, 1.82) is 0 Å². The molecule has 3 aromatic rings. The van der Waals surface area contributed by atoms with Gasteiger partial charge in [0.1, 0.15) is 10.7 Å². The molecule has 0 atom stereocenters. The van der Waals surface area contributed by atoms with Crippen LogP contribution in [0.25, 0.3) is 5.65 Å². The smallest absolute Gasteiger partial charge is 0.164 e. The number of nitrogen functional groups attached to an aromatic ring is 1. The van der Waals surface area contributed by atoms with Gasteiger partial charge >= 0.3 is 0 Å². The van der Waals surface area contributed by atoms with E-state index in [1.165, 1.54) is 0 Å². The van der Waals surface area contributed by atoms with Crippen molar-refractivity contribution in [3.63, 3.8) is 0 Å². The molecule has 86 valence electrons. The van der Waals surface area contributed by atoms with Gasteiger partial charge in [-0.1, -0.05) is 17.7 Å². The molecule has 0 radical (unpaired) electrons. The second kappa shape index (κ2) is 3.78. The lowest BCUT2D eigenvalue weighted by molar-refractivity contribution is 0.679. The zero-order valence-electron chi connectivity index (χ0n) is 8.92. The van der Waals surface area contributed by atoms with Crippen molar-refractivity contribution in [3.05, 3.63) is 47.5 Å². The monoisotopic (exact) mass is 247 g/mol. The van der Waals surface area contributed by atoms with Crippen molar-refractivity contribution >= 4 is 23.1 Å². The van der Waals surface area contributed by atoms with Gasteiger partial charge in [-0.3, -0.25) is 4.68 Å². The van der Waals surface area contributed by atoms with E-state index < -0.39 is 0 Å². The number of fused-ring (bicyclic) bond motifs is 1. The van der Waals surface area contributed by atoms with Crippen LogP contribution in [-0.4, -0.2) is 19.2 Å². The molecule has 5 nitrogen and oxygen atoms in total. The highest BCUT2D eigenvalue weighted by Crippen LogP contribution is 2.16. The van der Waals surface area contributed by atoms with Crippen molar-refractivity contribution in [3.8, 4) is 0 Å². The molecule has 2 N–H and O–H groups in total. The van der Waals surface area contributed by atoms with Crippen LogP contribution >= 0.6 is 11.6 Å². The van der Waals surface area contributed by atoms with Gasteiger partial charge in [0.25, 0.3) is 0 Å². The lowest BCUT2D eigenvalue weighted by Crippen LogP contribution is -2.01. The van der Waals surface area contributed by atoms with E-state index >= 15 is 0 Å². The summed E-state index contributed by atoms with van der Waals surface area (Å²) in [6, 6.07) is 5.87. The molecule has 0 aliphatic heterocycles. The lowest BCUT2D eigenvalue weighted by atomic mass is 10.5. The molecule has 6 heteroatoms. The maximum atomic E-state index is 5.84. The second-order valence-corrected chi connectivity index (χ2v) is 4.17. The van der Waals surface area contributed by atoms with Crippen molar-refractivity contribution in [2.75, 3.05) is 5.73 Å². The van der Waals surface area contributed by atoms with E-state index in [0.717, 1.165) is 11.3 Å². The number of imidazole rings is 1. The fourth-order valence-corrected chi connectivity index (χ4v) is 1.87. The Bertz CT molecular complexity index is 617.